The van der Waals surface area contributed by atoms with Gasteiger partial charge in [0.05, 0.1) is 4.92 Å². The number of hydrogen-bond donors (Lipinski definition) is 2. The number of nitro groups is 1. The maximum Gasteiger partial charge on any atom is 0.337 e. The molecule has 0 bridgehead atoms. The van der Waals surface area contributed by atoms with Gasteiger partial charge in [0, 0.05) is 6.07 Å². The van der Waals surface area contributed by atoms with Crippen LogP contribution in [0.5, 0.6) is 0 Å². The van der Waals surface area contributed by atoms with Gasteiger partial charge in [-0.1, -0.05) is 6.07 Å². The van der Waals surface area contributed by atoms with Gasteiger partial charge in [-0.05, 0) is 11.6 Å². The number of halogens is 1. The molecule has 0 radical (unpaired) electrons. The number of carboxylic acids is 1. The van der Waals surface area contributed by atoms with Gasteiger partial charge in [-0.15, -0.1) is 0 Å². The number of rotatable bonds is 3. The molecule has 15 heavy (non-hydrogen) atoms. The molecular formula is C8H6FNO5. The van der Waals surface area contributed by atoms with Crippen LogP contribution in [0, 0.1) is 15.9 Å². The minimum atomic E-state index is -1.90. The summed E-state index contributed by atoms with van der Waals surface area (Å²) in [6.07, 6.45) is -1.90. The SMILES string of the molecule is O=C(O)C(O)c1ccc(F)c([N+](=O)[O-])c1. The number of aliphatic carboxylic acids is 1. The second kappa shape index (κ2) is 4.01. The summed E-state index contributed by atoms with van der Waals surface area (Å²) >= 11 is 0. The first-order chi connectivity index (χ1) is 6.93. The molecule has 1 aromatic rings. The molecule has 0 amide bonds. The molecule has 2 N–H and O–H groups in total. The minimum Gasteiger partial charge on any atom is -0.479 e. The van der Waals surface area contributed by atoms with Crippen LogP contribution in [0.15, 0.2) is 18.2 Å². The number of benzene rings is 1. The largest absolute Gasteiger partial charge is 0.479 e. The predicted molar refractivity (Wildman–Crippen MR) is 45.7 cm³/mol. The van der Waals surface area contributed by atoms with Gasteiger partial charge in [-0.2, -0.15) is 4.39 Å². The third kappa shape index (κ3) is 2.26. The summed E-state index contributed by atoms with van der Waals surface area (Å²) in [6, 6.07) is 2.40. The lowest BCUT2D eigenvalue weighted by molar-refractivity contribution is -0.387. The summed E-state index contributed by atoms with van der Waals surface area (Å²) < 4.78 is 12.8. The molecule has 0 spiro atoms. The topological polar surface area (TPSA) is 101 Å². The number of aliphatic hydroxyl groups excluding tert-OH is 1. The Morgan fingerprint density at radius 1 is 1.53 bits per heavy atom. The Morgan fingerprint density at radius 2 is 2.13 bits per heavy atom. The molecule has 0 aliphatic carbocycles. The summed E-state index contributed by atoms with van der Waals surface area (Å²) in [4.78, 5) is 19.7. The Bertz CT molecular complexity index is 419. The van der Waals surface area contributed by atoms with Crippen LogP contribution in [-0.2, 0) is 4.79 Å². The second-order valence-corrected chi connectivity index (χ2v) is 2.71. The summed E-state index contributed by atoms with van der Waals surface area (Å²) in [5.41, 5.74) is -1.11. The van der Waals surface area contributed by atoms with Crippen molar-refractivity contribution in [2.45, 2.75) is 6.10 Å². The highest BCUT2D eigenvalue weighted by Crippen LogP contribution is 2.22. The lowest BCUT2D eigenvalue weighted by Crippen LogP contribution is -2.10. The maximum atomic E-state index is 12.8. The number of aliphatic hydroxyl groups is 1. The van der Waals surface area contributed by atoms with E-state index in [2.05, 4.69) is 0 Å². The van der Waals surface area contributed by atoms with Crippen molar-refractivity contribution >= 4 is 11.7 Å². The van der Waals surface area contributed by atoms with Crippen molar-refractivity contribution in [1.82, 2.24) is 0 Å². The van der Waals surface area contributed by atoms with Gasteiger partial charge in [0.1, 0.15) is 0 Å². The zero-order valence-electron chi connectivity index (χ0n) is 7.25. The second-order valence-electron chi connectivity index (χ2n) is 2.71. The van der Waals surface area contributed by atoms with Gasteiger partial charge in [0.25, 0.3) is 0 Å². The van der Waals surface area contributed by atoms with E-state index in [-0.39, 0.29) is 5.56 Å². The van der Waals surface area contributed by atoms with Crippen LogP contribution in [0.1, 0.15) is 11.7 Å². The number of carboxylic acid groups (broad SMARTS) is 1. The normalized spacial score (nSPS) is 12.1. The molecule has 0 aliphatic rings. The van der Waals surface area contributed by atoms with Crippen molar-refractivity contribution in [3.8, 4) is 0 Å². The van der Waals surface area contributed by atoms with E-state index in [1.807, 2.05) is 0 Å². The predicted octanol–water partition coefficient (Wildman–Crippen LogP) is 0.852. The molecular weight excluding hydrogens is 209 g/mol. The Kier molecular flexibility index (Phi) is 2.96. The van der Waals surface area contributed by atoms with Crippen molar-refractivity contribution in [3.05, 3.63) is 39.7 Å². The van der Waals surface area contributed by atoms with Gasteiger partial charge >= 0.3 is 11.7 Å². The lowest BCUT2D eigenvalue weighted by Gasteiger charge is -2.05. The van der Waals surface area contributed by atoms with Crippen molar-refractivity contribution in [2.24, 2.45) is 0 Å². The fourth-order valence-corrected chi connectivity index (χ4v) is 0.982. The number of carbonyl (C=O) groups is 1. The molecule has 1 atom stereocenters. The summed E-state index contributed by atoms with van der Waals surface area (Å²) in [6.45, 7) is 0. The van der Waals surface area contributed by atoms with Crippen molar-refractivity contribution in [3.63, 3.8) is 0 Å². The Labute approximate surface area is 82.7 Å². The van der Waals surface area contributed by atoms with Gasteiger partial charge in [-0.3, -0.25) is 10.1 Å². The van der Waals surface area contributed by atoms with Gasteiger partial charge in [0.15, 0.2) is 6.10 Å². The molecule has 0 heterocycles. The molecule has 1 unspecified atom stereocenters. The van der Waals surface area contributed by atoms with Crippen LogP contribution in [0.3, 0.4) is 0 Å². The molecule has 80 valence electrons. The van der Waals surface area contributed by atoms with Crippen LogP contribution < -0.4 is 0 Å². The van der Waals surface area contributed by atoms with Crippen LogP contribution in [0.2, 0.25) is 0 Å². The Morgan fingerprint density at radius 3 is 2.60 bits per heavy atom. The van der Waals surface area contributed by atoms with Gasteiger partial charge in [-0.25, -0.2) is 4.79 Å². The maximum absolute atomic E-state index is 12.8. The number of hydrogen-bond acceptors (Lipinski definition) is 4. The van der Waals surface area contributed by atoms with Crippen molar-refractivity contribution in [2.75, 3.05) is 0 Å². The fourth-order valence-electron chi connectivity index (χ4n) is 0.982. The highest BCUT2D eigenvalue weighted by atomic mass is 19.1. The highest BCUT2D eigenvalue weighted by Gasteiger charge is 2.21. The Balaban J connectivity index is 3.18. The Hall–Kier alpha value is -2.02. The van der Waals surface area contributed by atoms with Crippen LogP contribution >= 0.6 is 0 Å². The molecule has 0 fully saturated rings. The first kappa shape index (κ1) is 11.1. The quantitative estimate of drug-likeness (QED) is 0.575. The monoisotopic (exact) mass is 215 g/mol. The molecule has 6 nitrogen and oxygen atoms in total. The molecule has 7 heteroatoms. The molecule has 0 aromatic heterocycles. The van der Waals surface area contributed by atoms with E-state index in [0.29, 0.717) is 6.07 Å². The molecule has 1 rings (SSSR count). The van der Waals surface area contributed by atoms with E-state index in [0.717, 1.165) is 12.1 Å². The fraction of sp³-hybridized carbons (Fsp3) is 0.125. The van der Waals surface area contributed by atoms with E-state index >= 15 is 0 Å². The van der Waals surface area contributed by atoms with E-state index in [9.17, 15) is 19.3 Å². The minimum absolute atomic E-state index is 0.240. The average Bonchev–Trinajstić information content (AvgIpc) is 2.16. The van der Waals surface area contributed by atoms with E-state index in [4.69, 9.17) is 10.2 Å². The summed E-state index contributed by atoms with van der Waals surface area (Å²) in [7, 11) is 0. The first-order valence-electron chi connectivity index (χ1n) is 3.78. The van der Waals surface area contributed by atoms with Gasteiger partial charge in [0.2, 0.25) is 5.82 Å². The third-order valence-electron chi connectivity index (χ3n) is 1.72. The standard InChI is InChI=1S/C8H6FNO5/c9-5-2-1-4(7(11)8(12)13)3-6(5)10(14)15/h1-3,7,11H,(H,12,13). The summed E-state index contributed by atoms with van der Waals surface area (Å²) in [5.74, 6) is -2.64. The molecule has 0 aliphatic heterocycles. The smallest absolute Gasteiger partial charge is 0.337 e. The van der Waals surface area contributed by atoms with E-state index < -0.39 is 28.5 Å². The molecule has 1 aromatic carbocycles. The van der Waals surface area contributed by atoms with E-state index in [1.54, 1.807) is 0 Å². The number of nitrogens with zero attached hydrogens (tertiary/aromatic N) is 1. The zero-order valence-corrected chi connectivity index (χ0v) is 7.25. The van der Waals surface area contributed by atoms with Crippen LogP contribution in [0.4, 0.5) is 10.1 Å². The zero-order chi connectivity index (χ0) is 11.6. The van der Waals surface area contributed by atoms with E-state index in [1.165, 1.54) is 0 Å². The van der Waals surface area contributed by atoms with Crippen LogP contribution in [0.25, 0.3) is 0 Å². The van der Waals surface area contributed by atoms with Crippen molar-refractivity contribution < 1.29 is 24.3 Å². The van der Waals surface area contributed by atoms with Crippen LogP contribution in [-0.4, -0.2) is 21.1 Å². The lowest BCUT2D eigenvalue weighted by atomic mass is 10.1. The highest BCUT2D eigenvalue weighted by molar-refractivity contribution is 5.74. The first-order valence-corrected chi connectivity index (χ1v) is 3.78. The van der Waals surface area contributed by atoms with Crippen molar-refractivity contribution in [1.29, 1.82) is 0 Å². The molecule has 0 saturated heterocycles. The average molecular weight is 215 g/mol. The van der Waals surface area contributed by atoms with Gasteiger partial charge < -0.3 is 10.2 Å². The number of nitro benzene ring substituents is 1. The summed E-state index contributed by atoms with van der Waals surface area (Å²) in [5, 5.41) is 27.8. The molecule has 0 saturated carbocycles. The third-order valence-corrected chi connectivity index (χ3v) is 1.72.